The smallest absolute Gasteiger partial charge is 0.158 e. The van der Waals surface area contributed by atoms with Crippen molar-refractivity contribution in [1.29, 1.82) is 0 Å². The van der Waals surface area contributed by atoms with Crippen LogP contribution >= 0.6 is 0 Å². The number of nitrogens with zero attached hydrogens (tertiary/aromatic N) is 2. The SMILES string of the molecule is C[CH]c1ncncc1OC. The molecule has 3 heteroatoms. The molecule has 0 aliphatic heterocycles. The molecule has 1 aromatic rings. The topological polar surface area (TPSA) is 35.0 Å². The predicted octanol–water partition coefficient (Wildman–Crippen LogP) is 1.06. The van der Waals surface area contributed by atoms with Crippen molar-refractivity contribution < 1.29 is 4.74 Å². The van der Waals surface area contributed by atoms with E-state index in [1.165, 1.54) is 6.33 Å². The lowest BCUT2D eigenvalue weighted by atomic mass is 10.3. The third kappa shape index (κ3) is 1.23. The molecule has 0 aliphatic carbocycles. The summed E-state index contributed by atoms with van der Waals surface area (Å²) in [5, 5.41) is 0. The Morgan fingerprint density at radius 2 is 2.40 bits per heavy atom. The fraction of sp³-hybridized carbons (Fsp3) is 0.286. The molecule has 0 amide bonds. The molecule has 10 heavy (non-hydrogen) atoms. The molecule has 1 rings (SSSR count). The second-order valence-corrected chi connectivity index (χ2v) is 1.77. The Morgan fingerprint density at radius 1 is 1.60 bits per heavy atom. The highest BCUT2D eigenvalue weighted by Gasteiger charge is 1.98. The van der Waals surface area contributed by atoms with Gasteiger partial charge in [-0.05, 0) is 0 Å². The van der Waals surface area contributed by atoms with Gasteiger partial charge < -0.3 is 4.74 Å². The molecule has 0 saturated carbocycles. The van der Waals surface area contributed by atoms with E-state index in [9.17, 15) is 0 Å². The lowest BCUT2D eigenvalue weighted by molar-refractivity contribution is 0.407. The summed E-state index contributed by atoms with van der Waals surface area (Å²) in [4.78, 5) is 7.78. The molecule has 0 bridgehead atoms. The van der Waals surface area contributed by atoms with Crippen LogP contribution in [0.2, 0.25) is 0 Å². The molecule has 0 aromatic carbocycles. The van der Waals surface area contributed by atoms with Gasteiger partial charge in [0.15, 0.2) is 5.75 Å². The largest absolute Gasteiger partial charge is 0.493 e. The van der Waals surface area contributed by atoms with Crippen molar-refractivity contribution in [3.63, 3.8) is 0 Å². The number of hydrogen-bond acceptors (Lipinski definition) is 3. The summed E-state index contributed by atoms with van der Waals surface area (Å²) in [6.07, 6.45) is 5.01. The average Bonchev–Trinajstić information content (AvgIpc) is 2.04. The Morgan fingerprint density at radius 3 is 2.90 bits per heavy atom. The molecule has 1 aromatic heterocycles. The first-order valence-corrected chi connectivity index (χ1v) is 3.02. The summed E-state index contributed by atoms with van der Waals surface area (Å²) in [6, 6.07) is 0. The molecule has 1 radical (unpaired) electrons. The van der Waals surface area contributed by atoms with Gasteiger partial charge in [-0.2, -0.15) is 0 Å². The van der Waals surface area contributed by atoms with Crippen molar-refractivity contribution >= 4 is 0 Å². The van der Waals surface area contributed by atoms with Crippen LogP contribution in [-0.4, -0.2) is 17.1 Å². The summed E-state index contributed by atoms with van der Waals surface area (Å²) in [6.45, 7) is 1.91. The summed E-state index contributed by atoms with van der Waals surface area (Å²) < 4.78 is 4.98. The predicted molar refractivity (Wildman–Crippen MR) is 37.7 cm³/mol. The molecule has 3 nitrogen and oxygen atoms in total. The minimum absolute atomic E-state index is 0.713. The number of ether oxygens (including phenoxy) is 1. The van der Waals surface area contributed by atoms with Crippen LogP contribution in [-0.2, 0) is 0 Å². The first-order valence-electron chi connectivity index (χ1n) is 3.02. The standard InChI is InChI=1S/C7H9N2O/c1-3-6-7(10-2)4-8-5-9-6/h3-5H,1-2H3. The van der Waals surface area contributed by atoms with E-state index in [0.717, 1.165) is 5.69 Å². The molecule has 0 unspecified atom stereocenters. The Hall–Kier alpha value is -1.12. The summed E-state index contributed by atoms with van der Waals surface area (Å²) >= 11 is 0. The number of hydrogen-bond donors (Lipinski definition) is 0. The van der Waals surface area contributed by atoms with E-state index in [0.29, 0.717) is 5.75 Å². The minimum atomic E-state index is 0.713. The van der Waals surface area contributed by atoms with Gasteiger partial charge >= 0.3 is 0 Å². The van der Waals surface area contributed by atoms with Crippen LogP contribution in [0.1, 0.15) is 12.6 Å². The zero-order valence-electron chi connectivity index (χ0n) is 6.03. The second-order valence-electron chi connectivity index (χ2n) is 1.77. The van der Waals surface area contributed by atoms with Gasteiger partial charge in [-0.25, -0.2) is 9.97 Å². The van der Waals surface area contributed by atoms with E-state index in [1.807, 2.05) is 13.3 Å². The van der Waals surface area contributed by atoms with E-state index in [1.54, 1.807) is 13.3 Å². The van der Waals surface area contributed by atoms with Gasteiger partial charge in [0.25, 0.3) is 0 Å². The van der Waals surface area contributed by atoms with Crippen LogP contribution < -0.4 is 4.74 Å². The highest BCUT2D eigenvalue weighted by Crippen LogP contribution is 2.13. The van der Waals surface area contributed by atoms with Crippen LogP contribution in [0, 0.1) is 6.42 Å². The molecule has 53 valence electrons. The zero-order valence-corrected chi connectivity index (χ0v) is 6.03. The van der Waals surface area contributed by atoms with Gasteiger partial charge in [0, 0.05) is 6.42 Å². The maximum atomic E-state index is 4.98. The van der Waals surface area contributed by atoms with Crippen LogP contribution in [0.5, 0.6) is 5.75 Å². The molecule has 0 fully saturated rings. The summed E-state index contributed by atoms with van der Waals surface area (Å²) in [5.74, 6) is 0.713. The quantitative estimate of drug-likeness (QED) is 0.611. The fourth-order valence-corrected chi connectivity index (χ4v) is 0.700. The molecule has 0 saturated heterocycles. The molecule has 1 heterocycles. The second kappa shape index (κ2) is 3.15. The monoisotopic (exact) mass is 137 g/mol. The Kier molecular flexibility index (Phi) is 2.20. The fourth-order valence-electron chi connectivity index (χ4n) is 0.700. The summed E-state index contributed by atoms with van der Waals surface area (Å²) in [5.41, 5.74) is 0.831. The van der Waals surface area contributed by atoms with Crippen molar-refractivity contribution in [1.82, 2.24) is 9.97 Å². The Labute approximate surface area is 60.1 Å². The van der Waals surface area contributed by atoms with Crippen molar-refractivity contribution in [2.45, 2.75) is 6.92 Å². The van der Waals surface area contributed by atoms with Crippen molar-refractivity contribution in [2.75, 3.05) is 7.11 Å². The van der Waals surface area contributed by atoms with Gasteiger partial charge in [-0.1, -0.05) is 6.92 Å². The van der Waals surface area contributed by atoms with Crippen molar-refractivity contribution in [2.24, 2.45) is 0 Å². The molecule has 0 atom stereocenters. The number of aromatic nitrogens is 2. The zero-order chi connectivity index (χ0) is 7.40. The maximum Gasteiger partial charge on any atom is 0.158 e. The van der Waals surface area contributed by atoms with E-state index in [4.69, 9.17) is 4.74 Å². The third-order valence-electron chi connectivity index (χ3n) is 1.20. The summed E-state index contributed by atoms with van der Waals surface area (Å²) in [7, 11) is 1.60. The molecule has 0 aliphatic rings. The van der Waals surface area contributed by atoms with Gasteiger partial charge in [-0.15, -0.1) is 0 Å². The van der Waals surface area contributed by atoms with E-state index in [-0.39, 0.29) is 0 Å². The van der Waals surface area contributed by atoms with E-state index in [2.05, 4.69) is 9.97 Å². The average molecular weight is 137 g/mol. The minimum Gasteiger partial charge on any atom is -0.493 e. The van der Waals surface area contributed by atoms with Crippen LogP contribution in [0.15, 0.2) is 12.5 Å². The first kappa shape index (κ1) is 6.99. The molecule has 0 N–H and O–H groups in total. The Bertz CT molecular complexity index is 190. The van der Waals surface area contributed by atoms with Crippen LogP contribution in [0.25, 0.3) is 0 Å². The third-order valence-corrected chi connectivity index (χ3v) is 1.20. The van der Waals surface area contributed by atoms with Crippen molar-refractivity contribution in [3.8, 4) is 5.75 Å². The van der Waals surface area contributed by atoms with Crippen LogP contribution in [0.4, 0.5) is 0 Å². The maximum absolute atomic E-state index is 4.98. The first-order chi connectivity index (χ1) is 4.88. The van der Waals surface area contributed by atoms with Crippen LogP contribution in [0.3, 0.4) is 0 Å². The van der Waals surface area contributed by atoms with Crippen molar-refractivity contribution in [3.05, 3.63) is 24.6 Å². The highest BCUT2D eigenvalue weighted by atomic mass is 16.5. The molecule has 0 spiro atoms. The van der Waals surface area contributed by atoms with Gasteiger partial charge in [0.2, 0.25) is 0 Å². The molecular weight excluding hydrogens is 128 g/mol. The normalized spacial score (nSPS) is 9.40. The molecular formula is C7H9N2O. The lowest BCUT2D eigenvalue weighted by Gasteiger charge is -2.01. The van der Waals surface area contributed by atoms with E-state index < -0.39 is 0 Å². The number of methoxy groups -OCH3 is 1. The lowest BCUT2D eigenvalue weighted by Crippen LogP contribution is -1.92. The van der Waals surface area contributed by atoms with Gasteiger partial charge in [0.1, 0.15) is 6.33 Å². The highest BCUT2D eigenvalue weighted by molar-refractivity contribution is 5.28. The van der Waals surface area contributed by atoms with E-state index >= 15 is 0 Å². The number of rotatable bonds is 2. The van der Waals surface area contributed by atoms with Gasteiger partial charge in [0.05, 0.1) is 19.0 Å². The Balaban J connectivity index is 2.96. The van der Waals surface area contributed by atoms with Gasteiger partial charge in [-0.3, -0.25) is 0 Å².